The fourth-order valence-corrected chi connectivity index (χ4v) is 2.99. The smallest absolute Gasteiger partial charge is 0.253 e. The molecular formula is C17H22N6O2. The molecule has 1 aromatic heterocycles. The Labute approximate surface area is 146 Å². The molecule has 0 aliphatic carbocycles. The number of aromatic nitrogens is 4. The van der Waals surface area contributed by atoms with Crippen LogP contribution in [0.3, 0.4) is 0 Å². The first kappa shape index (κ1) is 17.1. The monoisotopic (exact) mass is 342 g/mol. The lowest BCUT2D eigenvalue weighted by Gasteiger charge is -2.35. The number of rotatable bonds is 3. The summed E-state index contributed by atoms with van der Waals surface area (Å²) >= 11 is 0. The number of carbonyl (C=O) groups is 2. The van der Waals surface area contributed by atoms with Gasteiger partial charge in [0.25, 0.3) is 5.91 Å². The number of carbonyl (C=O) groups excluding carboxylic acids is 2. The van der Waals surface area contributed by atoms with Crippen LogP contribution in [0.5, 0.6) is 0 Å². The van der Waals surface area contributed by atoms with E-state index in [1.165, 1.54) is 6.33 Å². The Morgan fingerprint density at radius 3 is 2.32 bits per heavy atom. The van der Waals surface area contributed by atoms with Gasteiger partial charge in [0.1, 0.15) is 6.33 Å². The molecule has 0 N–H and O–H groups in total. The highest BCUT2D eigenvalue weighted by Crippen LogP contribution is 2.17. The lowest BCUT2D eigenvalue weighted by Crippen LogP contribution is -2.51. The standard InChI is InChI=1S/C17H22N6O2/c1-12(2)16(24)21-6-8-22(9-7-21)17(25)14-4-5-15(13(3)10-14)23-11-18-19-20-23/h4-5,10-12H,6-9H2,1-3H3. The number of piperazine rings is 1. The van der Waals surface area contributed by atoms with Crippen LogP contribution in [0.2, 0.25) is 0 Å². The molecule has 2 amide bonds. The number of benzene rings is 1. The van der Waals surface area contributed by atoms with Crippen LogP contribution < -0.4 is 0 Å². The third-order valence-corrected chi connectivity index (χ3v) is 4.41. The van der Waals surface area contributed by atoms with E-state index >= 15 is 0 Å². The van der Waals surface area contributed by atoms with E-state index < -0.39 is 0 Å². The Morgan fingerprint density at radius 2 is 1.76 bits per heavy atom. The second-order valence-corrected chi connectivity index (χ2v) is 6.53. The van der Waals surface area contributed by atoms with E-state index in [-0.39, 0.29) is 17.7 Å². The zero-order valence-corrected chi connectivity index (χ0v) is 14.7. The van der Waals surface area contributed by atoms with Crippen molar-refractivity contribution in [3.8, 4) is 5.69 Å². The van der Waals surface area contributed by atoms with Gasteiger partial charge in [-0.3, -0.25) is 9.59 Å². The van der Waals surface area contributed by atoms with Crippen molar-refractivity contribution < 1.29 is 9.59 Å². The highest BCUT2D eigenvalue weighted by molar-refractivity contribution is 5.95. The second kappa shape index (κ2) is 7.00. The largest absolute Gasteiger partial charge is 0.339 e. The van der Waals surface area contributed by atoms with Gasteiger partial charge in [0, 0.05) is 37.7 Å². The minimum absolute atomic E-state index is 0.0104. The lowest BCUT2D eigenvalue weighted by molar-refractivity contribution is -0.135. The number of tetrazole rings is 1. The normalized spacial score (nSPS) is 14.9. The summed E-state index contributed by atoms with van der Waals surface area (Å²) in [4.78, 5) is 28.4. The minimum Gasteiger partial charge on any atom is -0.339 e. The Kier molecular flexibility index (Phi) is 4.78. The van der Waals surface area contributed by atoms with E-state index in [4.69, 9.17) is 0 Å². The van der Waals surface area contributed by atoms with E-state index in [0.717, 1.165) is 11.3 Å². The first-order valence-electron chi connectivity index (χ1n) is 8.39. The van der Waals surface area contributed by atoms with Gasteiger partial charge in [0.05, 0.1) is 5.69 Å². The predicted octanol–water partition coefficient (Wildman–Crippen LogP) is 0.911. The summed E-state index contributed by atoms with van der Waals surface area (Å²) in [5.41, 5.74) is 2.40. The number of amides is 2. The number of nitrogens with zero attached hydrogens (tertiary/aromatic N) is 6. The molecule has 0 bridgehead atoms. The summed E-state index contributed by atoms with van der Waals surface area (Å²) in [6.45, 7) is 8.02. The molecule has 0 spiro atoms. The average molecular weight is 342 g/mol. The number of hydrogen-bond acceptors (Lipinski definition) is 5. The topological polar surface area (TPSA) is 84.2 Å². The highest BCUT2D eigenvalue weighted by atomic mass is 16.2. The summed E-state index contributed by atoms with van der Waals surface area (Å²) in [5.74, 6) is 0.125. The molecule has 1 aliphatic rings. The summed E-state index contributed by atoms with van der Waals surface area (Å²) < 4.78 is 1.57. The van der Waals surface area contributed by atoms with Gasteiger partial charge in [-0.2, -0.15) is 0 Å². The lowest BCUT2D eigenvalue weighted by atomic mass is 10.1. The summed E-state index contributed by atoms with van der Waals surface area (Å²) in [5, 5.41) is 11.1. The SMILES string of the molecule is Cc1cc(C(=O)N2CCN(C(=O)C(C)C)CC2)ccc1-n1cnnn1. The van der Waals surface area contributed by atoms with Gasteiger partial charge in [-0.1, -0.05) is 13.8 Å². The first-order chi connectivity index (χ1) is 12.0. The molecule has 1 fully saturated rings. The van der Waals surface area contributed by atoms with Crippen molar-refractivity contribution in [2.24, 2.45) is 5.92 Å². The van der Waals surface area contributed by atoms with Crippen LogP contribution >= 0.6 is 0 Å². The third kappa shape index (κ3) is 3.52. The maximum atomic E-state index is 12.7. The van der Waals surface area contributed by atoms with Crippen molar-refractivity contribution in [3.63, 3.8) is 0 Å². The van der Waals surface area contributed by atoms with E-state index in [2.05, 4.69) is 15.5 Å². The van der Waals surface area contributed by atoms with Gasteiger partial charge in [-0.25, -0.2) is 4.68 Å². The Morgan fingerprint density at radius 1 is 1.08 bits per heavy atom. The van der Waals surface area contributed by atoms with Crippen LogP contribution in [0, 0.1) is 12.8 Å². The Bertz CT molecular complexity index is 763. The van der Waals surface area contributed by atoms with Gasteiger partial charge in [-0.05, 0) is 41.1 Å². The van der Waals surface area contributed by atoms with Crippen molar-refractivity contribution in [1.29, 1.82) is 0 Å². The molecule has 8 nitrogen and oxygen atoms in total. The average Bonchev–Trinajstić information content (AvgIpc) is 3.14. The fraction of sp³-hybridized carbons (Fsp3) is 0.471. The number of aryl methyl sites for hydroxylation is 1. The molecule has 8 heteroatoms. The fourth-order valence-electron chi connectivity index (χ4n) is 2.99. The summed E-state index contributed by atoms with van der Waals surface area (Å²) in [6.07, 6.45) is 1.52. The molecule has 132 valence electrons. The quantitative estimate of drug-likeness (QED) is 0.828. The van der Waals surface area contributed by atoms with Crippen molar-refractivity contribution >= 4 is 11.8 Å². The van der Waals surface area contributed by atoms with Crippen molar-refractivity contribution in [3.05, 3.63) is 35.7 Å². The molecule has 25 heavy (non-hydrogen) atoms. The Hall–Kier alpha value is -2.77. The summed E-state index contributed by atoms with van der Waals surface area (Å²) in [7, 11) is 0. The van der Waals surface area contributed by atoms with Crippen molar-refractivity contribution in [1.82, 2.24) is 30.0 Å². The molecule has 0 saturated carbocycles. The highest BCUT2D eigenvalue weighted by Gasteiger charge is 2.26. The molecule has 1 saturated heterocycles. The molecule has 1 aliphatic heterocycles. The second-order valence-electron chi connectivity index (χ2n) is 6.53. The molecule has 0 unspecified atom stereocenters. The van der Waals surface area contributed by atoms with E-state index in [1.807, 2.05) is 37.8 Å². The first-order valence-corrected chi connectivity index (χ1v) is 8.39. The maximum Gasteiger partial charge on any atom is 0.253 e. The molecular weight excluding hydrogens is 320 g/mol. The van der Waals surface area contributed by atoms with E-state index in [1.54, 1.807) is 15.6 Å². The van der Waals surface area contributed by atoms with Gasteiger partial charge in [0.15, 0.2) is 0 Å². The maximum absolute atomic E-state index is 12.7. The Balaban J connectivity index is 1.68. The number of hydrogen-bond donors (Lipinski definition) is 0. The zero-order valence-electron chi connectivity index (χ0n) is 14.7. The zero-order chi connectivity index (χ0) is 18.0. The molecule has 2 heterocycles. The van der Waals surface area contributed by atoms with Crippen LogP contribution in [0.4, 0.5) is 0 Å². The minimum atomic E-state index is -0.0111. The molecule has 0 atom stereocenters. The van der Waals surface area contributed by atoms with E-state index in [9.17, 15) is 9.59 Å². The summed E-state index contributed by atoms with van der Waals surface area (Å²) in [6, 6.07) is 5.49. The predicted molar refractivity (Wildman–Crippen MR) is 91.2 cm³/mol. The molecule has 0 radical (unpaired) electrons. The van der Waals surface area contributed by atoms with Crippen molar-refractivity contribution in [2.45, 2.75) is 20.8 Å². The molecule has 3 rings (SSSR count). The van der Waals surface area contributed by atoms with Crippen LogP contribution in [0.1, 0.15) is 29.8 Å². The molecule has 1 aromatic carbocycles. The van der Waals surface area contributed by atoms with Crippen LogP contribution in [-0.4, -0.2) is 68.0 Å². The van der Waals surface area contributed by atoms with Crippen LogP contribution in [-0.2, 0) is 4.79 Å². The van der Waals surface area contributed by atoms with Crippen LogP contribution in [0.25, 0.3) is 5.69 Å². The van der Waals surface area contributed by atoms with Gasteiger partial charge < -0.3 is 9.80 Å². The van der Waals surface area contributed by atoms with Gasteiger partial charge in [0.2, 0.25) is 5.91 Å². The molecule has 2 aromatic rings. The van der Waals surface area contributed by atoms with Gasteiger partial charge in [-0.15, -0.1) is 5.10 Å². The third-order valence-electron chi connectivity index (χ3n) is 4.41. The van der Waals surface area contributed by atoms with Crippen LogP contribution in [0.15, 0.2) is 24.5 Å². The van der Waals surface area contributed by atoms with Crippen molar-refractivity contribution in [2.75, 3.05) is 26.2 Å². The van der Waals surface area contributed by atoms with E-state index in [0.29, 0.717) is 31.7 Å². The van der Waals surface area contributed by atoms with Gasteiger partial charge >= 0.3 is 0 Å².